The van der Waals surface area contributed by atoms with E-state index in [-0.39, 0.29) is 6.10 Å². The maximum absolute atomic E-state index is 8.73. The molecule has 0 radical (unpaired) electrons. The number of hydrogen-bond acceptors (Lipinski definition) is 4. The van der Waals surface area contributed by atoms with Gasteiger partial charge in [-0.25, -0.2) is 4.98 Å². The summed E-state index contributed by atoms with van der Waals surface area (Å²) >= 11 is 0. The van der Waals surface area contributed by atoms with E-state index in [0.717, 1.165) is 31.7 Å². The van der Waals surface area contributed by atoms with Crippen molar-refractivity contribution < 1.29 is 4.74 Å². The van der Waals surface area contributed by atoms with Crippen LogP contribution in [0.2, 0.25) is 0 Å². The first-order valence-corrected chi connectivity index (χ1v) is 5.49. The Kier molecular flexibility index (Phi) is 3.37. The summed E-state index contributed by atoms with van der Waals surface area (Å²) in [6.07, 6.45) is 3.97. The zero-order chi connectivity index (χ0) is 11.4. The summed E-state index contributed by atoms with van der Waals surface area (Å²) in [6, 6.07) is 5.51. The standard InChI is InChI=1S/C12H15N3O/c1-15-6-3-11(4-7-15)16-12-2-5-14-10(8-12)9-13/h2,5,8,11H,3-4,6-7H2,1H3. The molecule has 0 amide bonds. The number of piperidine rings is 1. The van der Waals surface area contributed by atoms with Crippen LogP contribution in [0.25, 0.3) is 0 Å². The van der Waals surface area contributed by atoms with Crippen LogP contribution in [0.3, 0.4) is 0 Å². The van der Waals surface area contributed by atoms with E-state index in [1.54, 1.807) is 18.3 Å². The number of nitriles is 1. The van der Waals surface area contributed by atoms with Gasteiger partial charge in [0.25, 0.3) is 0 Å². The molecule has 0 saturated carbocycles. The van der Waals surface area contributed by atoms with E-state index >= 15 is 0 Å². The highest BCUT2D eigenvalue weighted by Crippen LogP contribution is 2.18. The number of pyridine rings is 1. The average Bonchev–Trinajstić information content (AvgIpc) is 2.32. The van der Waals surface area contributed by atoms with E-state index in [1.807, 2.05) is 6.07 Å². The molecule has 1 fully saturated rings. The van der Waals surface area contributed by atoms with Gasteiger partial charge in [-0.2, -0.15) is 5.26 Å². The van der Waals surface area contributed by atoms with Gasteiger partial charge in [-0.15, -0.1) is 0 Å². The Morgan fingerprint density at radius 1 is 1.50 bits per heavy atom. The highest BCUT2D eigenvalue weighted by Gasteiger charge is 2.17. The molecular formula is C12H15N3O. The van der Waals surface area contributed by atoms with Crippen LogP contribution in [-0.4, -0.2) is 36.1 Å². The van der Waals surface area contributed by atoms with Crippen molar-refractivity contribution in [2.45, 2.75) is 18.9 Å². The highest BCUT2D eigenvalue weighted by atomic mass is 16.5. The summed E-state index contributed by atoms with van der Waals surface area (Å²) in [5.41, 5.74) is 0.408. The van der Waals surface area contributed by atoms with Gasteiger partial charge in [-0.1, -0.05) is 0 Å². The molecule has 84 valence electrons. The molecule has 1 aromatic rings. The molecule has 0 bridgehead atoms. The second-order valence-corrected chi connectivity index (χ2v) is 4.11. The summed E-state index contributed by atoms with van der Waals surface area (Å²) in [5, 5.41) is 8.73. The fraction of sp³-hybridized carbons (Fsp3) is 0.500. The van der Waals surface area contributed by atoms with Gasteiger partial charge in [0.2, 0.25) is 0 Å². The van der Waals surface area contributed by atoms with E-state index in [2.05, 4.69) is 16.9 Å². The molecule has 1 aliphatic heterocycles. The summed E-state index contributed by atoms with van der Waals surface area (Å²) in [6.45, 7) is 2.14. The fourth-order valence-electron chi connectivity index (χ4n) is 1.84. The lowest BCUT2D eigenvalue weighted by molar-refractivity contribution is 0.114. The second-order valence-electron chi connectivity index (χ2n) is 4.11. The Morgan fingerprint density at radius 3 is 2.94 bits per heavy atom. The molecule has 0 unspecified atom stereocenters. The topological polar surface area (TPSA) is 49.1 Å². The number of nitrogens with zero attached hydrogens (tertiary/aromatic N) is 3. The quantitative estimate of drug-likeness (QED) is 0.752. The minimum atomic E-state index is 0.269. The Balaban J connectivity index is 1.96. The van der Waals surface area contributed by atoms with E-state index < -0.39 is 0 Å². The van der Waals surface area contributed by atoms with E-state index in [1.165, 1.54) is 0 Å². The van der Waals surface area contributed by atoms with Crippen LogP contribution in [0.15, 0.2) is 18.3 Å². The van der Waals surface area contributed by atoms with Crippen LogP contribution in [-0.2, 0) is 0 Å². The SMILES string of the molecule is CN1CCC(Oc2ccnc(C#N)c2)CC1. The molecule has 0 aliphatic carbocycles. The second kappa shape index (κ2) is 4.95. The molecule has 2 rings (SSSR count). The smallest absolute Gasteiger partial charge is 0.144 e. The molecule has 4 heteroatoms. The van der Waals surface area contributed by atoms with Gasteiger partial charge in [-0.05, 0) is 26.0 Å². The third-order valence-corrected chi connectivity index (χ3v) is 2.81. The Bertz CT molecular complexity index is 391. The minimum Gasteiger partial charge on any atom is -0.490 e. The van der Waals surface area contributed by atoms with Crippen molar-refractivity contribution in [2.75, 3.05) is 20.1 Å². The van der Waals surface area contributed by atoms with Gasteiger partial charge in [-0.3, -0.25) is 0 Å². The zero-order valence-corrected chi connectivity index (χ0v) is 9.39. The predicted molar refractivity (Wildman–Crippen MR) is 60.1 cm³/mol. The Morgan fingerprint density at radius 2 is 2.25 bits per heavy atom. The monoisotopic (exact) mass is 217 g/mol. The van der Waals surface area contributed by atoms with Crippen molar-refractivity contribution in [2.24, 2.45) is 0 Å². The molecule has 4 nitrogen and oxygen atoms in total. The van der Waals surface area contributed by atoms with Gasteiger partial charge in [0.15, 0.2) is 0 Å². The number of rotatable bonds is 2. The van der Waals surface area contributed by atoms with Crippen LogP contribution in [0, 0.1) is 11.3 Å². The maximum atomic E-state index is 8.73. The molecule has 1 aliphatic rings. The first-order chi connectivity index (χ1) is 7.78. The number of aromatic nitrogens is 1. The van der Waals surface area contributed by atoms with E-state index in [9.17, 15) is 0 Å². The molecule has 0 atom stereocenters. The van der Waals surface area contributed by atoms with E-state index in [0.29, 0.717) is 5.69 Å². The number of ether oxygens (including phenoxy) is 1. The normalized spacial score (nSPS) is 18.0. The van der Waals surface area contributed by atoms with Gasteiger partial charge < -0.3 is 9.64 Å². The molecule has 1 aromatic heterocycles. The minimum absolute atomic E-state index is 0.269. The first-order valence-electron chi connectivity index (χ1n) is 5.49. The summed E-state index contributed by atoms with van der Waals surface area (Å²) in [4.78, 5) is 6.21. The maximum Gasteiger partial charge on any atom is 0.144 e. The largest absolute Gasteiger partial charge is 0.490 e. The average molecular weight is 217 g/mol. The molecule has 0 N–H and O–H groups in total. The zero-order valence-electron chi connectivity index (χ0n) is 9.39. The van der Waals surface area contributed by atoms with Crippen molar-refractivity contribution >= 4 is 0 Å². The summed E-state index contributed by atoms with van der Waals surface area (Å²) < 4.78 is 5.83. The lowest BCUT2D eigenvalue weighted by Crippen LogP contribution is -2.35. The van der Waals surface area contributed by atoms with Gasteiger partial charge in [0.1, 0.15) is 23.6 Å². The predicted octanol–water partition coefficient (Wildman–Crippen LogP) is 1.43. The number of likely N-dealkylation sites (tertiary alicyclic amines) is 1. The van der Waals surface area contributed by atoms with E-state index in [4.69, 9.17) is 10.00 Å². The Hall–Kier alpha value is -1.60. The van der Waals surface area contributed by atoms with Crippen LogP contribution in [0.5, 0.6) is 5.75 Å². The molecule has 16 heavy (non-hydrogen) atoms. The van der Waals surface area contributed by atoms with Crippen molar-refractivity contribution in [3.63, 3.8) is 0 Å². The molecular weight excluding hydrogens is 202 g/mol. The molecule has 0 aromatic carbocycles. The van der Waals surface area contributed by atoms with Crippen LogP contribution in [0.4, 0.5) is 0 Å². The van der Waals surface area contributed by atoms with Crippen molar-refractivity contribution in [1.82, 2.24) is 9.88 Å². The molecule has 2 heterocycles. The van der Waals surface area contributed by atoms with Crippen molar-refractivity contribution in [3.8, 4) is 11.8 Å². The van der Waals surface area contributed by atoms with Crippen LogP contribution < -0.4 is 4.74 Å². The van der Waals surface area contributed by atoms with Crippen LogP contribution in [0.1, 0.15) is 18.5 Å². The number of hydrogen-bond donors (Lipinski definition) is 0. The lowest BCUT2D eigenvalue weighted by atomic mass is 10.1. The van der Waals surface area contributed by atoms with Gasteiger partial charge >= 0.3 is 0 Å². The third-order valence-electron chi connectivity index (χ3n) is 2.81. The van der Waals surface area contributed by atoms with Crippen molar-refractivity contribution in [1.29, 1.82) is 5.26 Å². The third kappa shape index (κ3) is 2.71. The first kappa shape index (κ1) is 10.9. The molecule has 1 saturated heterocycles. The highest BCUT2D eigenvalue weighted by molar-refractivity contribution is 5.29. The summed E-state index contributed by atoms with van der Waals surface area (Å²) in [7, 11) is 2.12. The fourth-order valence-corrected chi connectivity index (χ4v) is 1.84. The lowest BCUT2D eigenvalue weighted by Gasteiger charge is -2.29. The van der Waals surface area contributed by atoms with Gasteiger partial charge in [0.05, 0.1) is 0 Å². The molecule has 0 spiro atoms. The van der Waals surface area contributed by atoms with Crippen LogP contribution >= 0.6 is 0 Å². The Labute approximate surface area is 95.5 Å². The van der Waals surface area contributed by atoms with Gasteiger partial charge in [0, 0.05) is 25.4 Å². The van der Waals surface area contributed by atoms with Crippen molar-refractivity contribution in [3.05, 3.63) is 24.0 Å². The summed E-state index contributed by atoms with van der Waals surface area (Å²) in [5.74, 6) is 0.751.